The molecular weight excluding hydrogens is 322 g/mol. The second kappa shape index (κ2) is 8.41. The van der Waals surface area contributed by atoms with Crippen LogP contribution in [-0.2, 0) is 13.0 Å². The van der Waals surface area contributed by atoms with Gasteiger partial charge in [-0.1, -0.05) is 11.2 Å². The van der Waals surface area contributed by atoms with Crippen molar-refractivity contribution in [2.24, 2.45) is 0 Å². The van der Waals surface area contributed by atoms with Crippen molar-refractivity contribution in [3.63, 3.8) is 0 Å². The molecule has 2 amide bonds. The van der Waals surface area contributed by atoms with Crippen molar-refractivity contribution in [1.82, 2.24) is 15.8 Å². The van der Waals surface area contributed by atoms with Crippen molar-refractivity contribution in [1.29, 1.82) is 0 Å². The number of nitrogens with one attached hydrogen (secondary N) is 2. The van der Waals surface area contributed by atoms with Crippen LogP contribution in [0.2, 0.25) is 0 Å². The van der Waals surface area contributed by atoms with Gasteiger partial charge in [-0.2, -0.15) is 0 Å². The highest BCUT2D eigenvalue weighted by Crippen LogP contribution is 2.27. The van der Waals surface area contributed by atoms with Crippen molar-refractivity contribution >= 4 is 6.03 Å². The minimum absolute atomic E-state index is 0.0396. The van der Waals surface area contributed by atoms with Gasteiger partial charge in [-0.25, -0.2) is 4.79 Å². The summed E-state index contributed by atoms with van der Waals surface area (Å²) in [5.74, 6) is 2.08. The molecule has 1 atom stereocenters. The zero-order valence-corrected chi connectivity index (χ0v) is 15.3. The summed E-state index contributed by atoms with van der Waals surface area (Å²) in [6.07, 6.45) is 0.672. The van der Waals surface area contributed by atoms with Crippen molar-refractivity contribution in [3.05, 3.63) is 40.8 Å². The van der Waals surface area contributed by atoms with E-state index in [1.54, 1.807) is 14.2 Å². The molecule has 0 aliphatic carbocycles. The highest BCUT2D eigenvalue weighted by atomic mass is 16.5. The van der Waals surface area contributed by atoms with E-state index in [1.165, 1.54) is 0 Å². The van der Waals surface area contributed by atoms with E-state index in [4.69, 9.17) is 14.0 Å². The molecule has 0 aliphatic rings. The van der Waals surface area contributed by atoms with Gasteiger partial charge in [0.15, 0.2) is 11.5 Å². The molecule has 0 radical (unpaired) electrons. The second-order valence-electron chi connectivity index (χ2n) is 5.92. The third kappa shape index (κ3) is 4.89. The molecule has 1 aromatic heterocycles. The fraction of sp³-hybridized carbons (Fsp3) is 0.444. The van der Waals surface area contributed by atoms with Gasteiger partial charge in [0.25, 0.3) is 0 Å². The molecule has 0 spiro atoms. The Kier molecular flexibility index (Phi) is 6.27. The Labute approximate surface area is 147 Å². The first-order valence-corrected chi connectivity index (χ1v) is 8.11. The summed E-state index contributed by atoms with van der Waals surface area (Å²) in [6.45, 7) is 6.11. The smallest absolute Gasteiger partial charge is 0.315 e. The van der Waals surface area contributed by atoms with E-state index in [0.717, 1.165) is 22.6 Å². The van der Waals surface area contributed by atoms with E-state index in [9.17, 15) is 4.79 Å². The number of hydrogen-bond donors (Lipinski definition) is 2. The summed E-state index contributed by atoms with van der Waals surface area (Å²) < 4.78 is 15.6. The molecule has 2 N–H and O–H groups in total. The molecule has 0 bridgehead atoms. The van der Waals surface area contributed by atoms with Crippen molar-refractivity contribution < 1.29 is 18.8 Å². The fourth-order valence-corrected chi connectivity index (χ4v) is 2.60. The number of carbonyl (C=O) groups is 1. The minimum Gasteiger partial charge on any atom is -0.493 e. The molecule has 1 unspecified atom stereocenters. The maximum Gasteiger partial charge on any atom is 0.315 e. The van der Waals surface area contributed by atoms with E-state index in [-0.39, 0.29) is 12.1 Å². The Bertz CT molecular complexity index is 708. The number of ether oxygens (including phenoxy) is 2. The Morgan fingerprint density at radius 1 is 1.24 bits per heavy atom. The molecule has 0 saturated heterocycles. The highest BCUT2D eigenvalue weighted by Gasteiger charge is 2.14. The normalized spacial score (nSPS) is 11.7. The van der Waals surface area contributed by atoms with E-state index < -0.39 is 0 Å². The van der Waals surface area contributed by atoms with Crippen LogP contribution in [0.15, 0.2) is 22.7 Å². The number of aryl methyl sites for hydroxylation is 2. The fourth-order valence-electron chi connectivity index (χ4n) is 2.60. The Morgan fingerprint density at radius 2 is 1.96 bits per heavy atom. The maximum atomic E-state index is 12.1. The van der Waals surface area contributed by atoms with Gasteiger partial charge in [-0.3, -0.25) is 0 Å². The quantitative estimate of drug-likeness (QED) is 0.804. The summed E-state index contributed by atoms with van der Waals surface area (Å²) >= 11 is 0. The van der Waals surface area contributed by atoms with Crippen LogP contribution in [0.5, 0.6) is 11.5 Å². The van der Waals surface area contributed by atoms with E-state index in [2.05, 4.69) is 15.8 Å². The summed E-state index contributed by atoms with van der Waals surface area (Å²) in [4.78, 5) is 12.1. The lowest BCUT2D eigenvalue weighted by molar-refractivity contribution is 0.237. The average Bonchev–Trinajstić information content (AvgIpc) is 2.91. The number of nitrogens with zero attached hydrogens (tertiary/aromatic N) is 1. The molecule has 7 heteroatoms. The van der Waals surface area contributed by atoms with Crippen LogP contribution in [0.4, 0.5) is 4.79 Å². The average molecular weight is 347 g/mol. The number of amides is 2. The zero-order valence-electron chi connectivity index (χ0n) is 15.3. The first kappa shape index (κ1) is 18.6. The first-order chi connectivity index (χ1) is 11.9. The lowest BCUT2D eigenvalue weighted by Gasteiger charge is -2.15. The lowest BCUT2D eigenvalue weighted by Crippen LogP contribution is -2.41. The lowest BCUT2D eigenvalue weighted by atomic mass is 10.1. The minimum atomic E-state index is -0.228. The van der Waals surface area contributed by atoms with Gasteiger partial charge in [0.1, 0.15) is 5.76 Å². The van der Waals surface area contributed by atoms with Crippen molar-refractivity contribution in [2.75, 3.05) is 14.2 Å². The van der Waals surface area contributed by atoms with Crippen molar-refractivity contribution in [2.45, 2.75) is 39.8 Å². The first-order valence-electron chi connectivity index (χ1n) is 8.11. The number of methoxy groups -OCH3 is 2. The zero-order chi connectivity index (χ0) is 18.4. The van der Waals surface area contributed by atoms with Crippen LogP contribution in [-0.4, -0.2) is 31.4 Å². The third-order valence-electron chi connectivity index (χ3n) is 3.97. The second-order valence-corrected chi connectivity index (χ2v) is 5.92. The Balaban J connectivity index is 1.86. The number of aromatic nitrogens is 1. The van der Waals surface area contributed by atoms with Gasteiger partial charge in [-0.15, -0.1) is 0 Å². The molecule has 2 aromatic rings. The molecule has 2 rings (SSSR count). The Hall–Kier alpha value is -2.70. The molecule has 136 valence electrons. The van der Waals surface area contributed by atoms with Crippen molar-refractivity contribution in [3.8, 4) is 11.5 Å². The number of rotatable bonds is 7. The van der Waals surface area contributed by atoms with E-state index >= 15 is 0 Å². The maximum absolute atomic E-state index is 12.1. The molecule has 1 heterocycles. The molecular formula is C18H25N3O4. The SMILES string of the molecule is COc1ccc(CNC(=O)NC(C)Cc2c(C)noc2C)cc1OC. The summed E-state index contributed by atoms with van der Waals surface area (Å²) in [5.41, 5.74) is 2.82. The summed E-state index contributed by atoms with van der Waals surface area (Å²) in [7, 11) is 3.17. The molecule has 1 aromatic carbocycles. The predicted octanol–water partition coefficient (Wildman–Crippen LogP) is 2.74. The van der Waals surface area contributed by atoms with Crippen LogP contribution >= 0.6 is 0 Å². The number of benzene rings is 1. The Morgan fingerprint density at radius 3 is 2.56 bits per heavy atom. The van der Waals surface area contributed by atoms with Gasteiger partial charge in [0, 0.05) is 18.2 Å². The van der Waals surface area contributed by atoms with Crippen LogP contribution in [0.25, 0.3) is 0 Å². The molecule has 7 nitrogen and oxygen atoms in total. The predicted molar refractivity (Wildman–Crippen MR) is 94.1 cm³/mol. The van der Waals surface area contributed by atoms with E-state index in [1.807, 2.05) is 39.0 Å². The standard InChI is InChI=1S/C18H25N3O4/c1-11(8-15-12(2)21-25-13(15)3)20-18(22)19-10-14-6-7-16(23-4)17(9-14)24-5/h6-7,9,11H,8,10H2,1-5H3,(H2,19,20,22). The third-order valence-corrected chi connectivity index (χ3v) is 3.97. The molecule has 0 saturated carbocycles. The van der Waals surface area contributed by atoms with E-state index in [0.29, 0.717) is 24.5 Å². The largest absolute Gasteiger partial charge is 0.493 e. The van der Waals surface area contributed by atoms with Crippen LogP contribution in [0, 0.1) is 13.8 Å². The monoisotopic (exact) mass is 347 g/mol. The highest BCUT2D eigenvalue weighted by molar-refractivity contribution is 5.74. The summed E-state index contributed by atoms with van der Waals surface area (Å²) in [6, 6.07) is 5.27. The van der Waals surface area contributed by atoms with Crippen LogP contribution in [0.3, 0.4) is 0 Å². The van der Waals surface area contributed by atoms with Gasteiger partial charge >= 0.3 is 6.03 Å². The van der Waals surface area contributed by atoms with Gasteiger partial charge < -0.3 is 24.6 Å². The summed E-state index contributed by atoms with van der Waals surface area (Å²) in [5, 5.41) is 9.69. The van der Waals surface area contributed by atoms with Crippen LogP contribution in [0.1, 0.15) is 29.5 Å². The van der Waals surface area contributed by atoms with Gasteiger partial charge in [0.2, 0.25) is 0 Å². The molecule has 0 aliphatic heterocycles. The number of carbonyl (C=O) groups excluding carboxylic acids is 1. The molecule has 0 fully saturated rings. The topological polar surface area (TPSA) is 85.6 Å². The van der Waals surface area contributed by atoms with Gasteiger partial charge in [0.05, 0.1) is 19.9 Å². The number of urea groups is 1. The van der Waals surface area contributed by atoms with Crippen LogP contribution < -0.4 is 20.1 Å². The number of hydrogen-bond acceptors (Lipinski definition) is 5. The molecule has 25 heavy (non-hydrogen) atoms. The van der Waals surface area contributed by atoms with Gasteiger partial charge in [-0.05, 0) is 44.9 Å².